The van der Waals surface area contributed by atoms with Crippen molar-refractivity contribution in [3.8, 4) is 0 Å². The van der Waals surface area contributed by atoms with Gasteiger partial charge < -0.3 is 15.4 Å². The molecule has 0 aromatic heterocycles. The minimum Gasteiger partial charge on any atom is -0.438 e. The third-order valence-electron chi connectivity index (χ3n) is 6.47. The summed E-state index contributed by atoms with van der Waals surface area (Å²) in [6, 6.07) is 30.3. The maximum atomic E-state index is 14.0. The van der Waals surface area contributed by atoms with Gasteiger partial charge in [-0.3, -0.25) is 14.5 Å². The SMILES string of the molecule is O=C(Nc1ccc([C@H]2OC(=O)N(Cc3ccccc3)[C@@H]2C(=O)NCc2ccccc2)cc1)c1ccccc1F. The first-order valence-electron chi connectivity index (χ1n) is 12.5. The first-order chi connectivity index (χ1) is 19.0. The molecular formula is C31H26FN3O4. The zero-order valence-electron chi connectivity index (χ0n) is 20.9. The van der Waals surface area contributed by atoms with E-state index in [-0.39, 0.29) is 18.0 Å². The minimum absolute atomic E-state index is 0.0713. The average Bonchev–Trinajstić information content (AvgIpc) is 3.29. The van der Waals surface area contributed by atoms with E-state index in [4.69, 9.17) is 4.74 Å². The predicted octanol–water partition coefficient (Wildman–Crippen LogP) is 5.46. The molecule has 5 rings (SSSR count). The summed E-state index contributed by atoms with van der Waals surface area (Å²) in [5.41, 5.74) is 2.74. The zero-order chi connectivity index (χ0) is 27.2. The smallest absolute Gasteiger partial charge is 0.411 e. The van der Waals surface area contributed by atoms with Gasteiger partial charge in [0.05, 0.1) is 12.1 Å². The van der Waals surface area contributed by atoms with Gasteiger partial charge in [0, 0.05) is 12.2 Å². The molecule has 1 aliphatic heterocycles. The Morgan fingerprint density at radius 3 is 2.08 bits per heavy atom. The second kappa shape index (κ2) is 11.6. The summed E-state index contributed by atoms with van der Waals surface area (Å²) in [5, 5.41) is 5.60. The van der Waals surface area contributed by atoms with Crippen molar-refractivity contribution in [3.05, 3.63) is 137 Å². The van der Waals surface area contributed by atoms with Crippen molar-refractivity contribution < 1.29 is 23.5 Å². The first-order valence-corrected chi connectivity index (χ1v) is 12.5. The predicted molar refractivity (Wildman–Crippen MR) is 144 cm³/mol. The fraction of sp³-hybridized carbons (Fsp3) is 0.129. The number of carbonyl (C=O) groups excluding carboxylic acids is 3. The summed E-state index contributed by atoms with van der Waals surface area (Å²) in [5.74, 6) is -1.55. The Morgan fingerprint density at radius 2 is 1.41 bits per heavy atom. The standard InChI is InChI=1S/C31H26FN3O4/c32-26-14-8-7-13-25(26)29(36)34-24-17-15-23(16-18-24)28-27(30(37)33-19-21-9-3-1-4-10-21)35(31(38)39-28)20-22-11-5-2-6-12-22/h1-18,27-28H,19-20H2,(H,33,37)(H,34,36)/t27-,28+/m0/s1. The summed E-state index contributed by atoms with van der Waals surface area (Å²) in [4.78, 5) is 40.4. The molecule has 196 valence electrons. The van der Waals surface area contributed by atoms with E-state index < -0.39 is 30.0 Å². The van der Waals surface area contributed by atoms with Crippen molar-refractivity contribution in [2.75, 3.05) is 5.32 Å². The lowest BCUT2D eigenvalue weighted by Gasteiger charge is -2.24. The van der Waals surface area contributed by atoms with Gasteiger partial charge in [-0.25, -0.2) is 9.18 Å². The van der Waals surface area contributed by atoms with Crippen LogP contribution >= 0.6 is 0 Å². The molecule has 1 aliphatic rings. The summed E-state index contributed by atoms with van der Waals surface area (Å²) in [6.45, 7) is 0.508. The molecule has 3 amide bonds. The number of hydrogen-bond acceptors (Lipinski definition) is 4. The molecule has 4 aromatic rings. The third kappa shape index (κ3) is 5.96. The molecule has 0 bridgehead atoms. The molecule has 0 unspecified atom stereocenters. The van der Waals surface area contributed by atoms with Gasteiger partial charge >= 0.3 is 6.09 Å². The van der Waals surface area contributed by atoms with Crippen molar-refractivity contribution in [3.63, 3.8) is 0 Å². The topological polar surface area (TPSA) is 87.7 Å². The summed E-state index contributed by atoms with van der Waals surface area (Å²) in [6.07, 6.45) is -1.46. The molecule has 0 aliphatic carbocycles. The molecule has 0 spiro atoms. The average molecular weight is 524 g/mol. The molecule has 1 heterocycles. The Hall–Kier alpha value is -4.98. The molecule has 2 atom stereocenters. The number of hydrogen-bond donors (Lipinski definition) is 2. The maximum absolute atomic E-state index is 14.0. The largest absolute Gasteiger partial charge is 0.438 e. The minimum atomic E-state index is -0.916. The summed E-state index contributed by atoms with van der Waals surface area (Å²) >= 11 is 0. The van der Waals surface area contributed by atoms with Crippen LogP contribution in [0.3, 0.4) is 0 Å². The van der Waals surface area contributed by atoms with E-state index >= 15 is 0 Å². The Morgan fingerprint density at radius 1 is 0.795 bits per heavy atom. The number of amides is 3. The van der Waals surface area contributed by atoms with E-state index in [0.717, 1.165) is 11.1 Å². The molecule has 0 saturated carbocycles. The maximum Gasteiger partial charge on any atom is 0.411 e. The van der Waals surface area contributed by atoms with Gasteiger partial charge in [0.1, 0.15) is 5.82 Å². The van der Waals surface area contributed by atoms with Gasteiger partial charge in [0.25, 0.3) is 5.91 Å². The molecule has 1 fully saturated rings. The lowest BCUT2D eigenvalue weighted by Crippen LogP contribution is -2.46. The molecule has 7 nitrogen and oxygen atoms in total. The van der Waals surface area contributed by atoms with Crippen LogP contribution in [0.1, 0.15) is 33.2 Å². The molecule has 2 N–H and O–H groups in total. The van der Waals surface area contributed by atoms with E-state index in [2.05, 4.69) is 10.6 Å². The summed E-state index contributed by atoms with van der Waals surface area (Å²) in [7, 11) is 0. The first kappa shape index (κ1) is 25.7. The van der Waals surface area contributed by atoms with Crippen LogP contribution in [0.15, 0.2) is 109 Å². The Kier molecular flexibility index (Phi) is 7.63. The van der Waals surface area contributed by atoms with Gasteiger partial charge in [-0.05, 0) is 41.0 Å². The normalized spacial score (nSPS) is 16.4. The molecular weight excluding hydrogens is 497 g/mol. The van der Waals surface area contributed by atoms with Crippen molar-refractivity contribution in [1.82, 2.24) is 10.2 Å². The van der Waals surface area contributed by atoms with Crippen LogP contribution in [0.2, 0.25) is 0 Å². The highest BCUT2D eigenvalue weighted by atomic mass is 19.1. The fourth-order valence-electron chi connectivity index (χ4n) is 4.48. The lowest BCUT2D eigenvalue weighted by molar-refractivity contribution is -0.126. The highest BCUT2D eigenvalue weighted by Crippen LogP contribution is 2.34. The number of anilines is 1. The zero-order valence-corrected chi connectivity index (χ0v) is 20.9. The second-order valence-electron chi connectivity index (χ2n) is 9.12. The number of rotatable bonds is 8. The van der Waals surface area contributed by atoms with E-state index in [9.17, 15) is 18.8 Å². The number of nitrogens with one attached hydrogen (secondary N) is 2. The number of benzene rings is 4. The molecule has 4 aromatic carbocycles. The molecule has 0 radical (unpaired) electrons. The van der Waals surface area contributed by atoms with Crippen LogP contribution < -0.4 is 10.6 Å². The third-order valence-corrected chi connectivity index (χ3v) is 6.47. The molecule has 39 heavy (non-hydrogen) atoms. The molecule has 8 heteroatoms. The van der Waals surface area contributed by atoms with Crippen LogP contribution in [0.25, 0.3) is 0 Å². The van der Waals surface area contributed by atoms with Crippen LogP contribution in [0, 0.1) is 5.82 Å². The van der Waals surface area contributed by atoms with Crippen LogP contribution in [0.4, 0.5) is 14.9 Å². The second-order valence-corrected chi connectivity index (χ2v) is 9.12. The van der Waals surface area contributed by atoms with Crippen LogP contribution in [-0.2, 0) is 22.6 Å². The van der Waals surface area contributed by atoms with Crippen molar-refractivity contribution in [2.24, 2.45) is 0 Å². The van der Waals surface area contributed by atoms with Gasteiger partial charge in [-0.1, -0.05) is 84.9 Å². The number of carbonyl (C=O) groups is 3. The van der Waals surface area contributed by atoms with E-state index in [1.54, 1.807) is 30.3 Å². The monoisotopic (exact) mass is 523 g/mol. The van der Waals surface area contributed by atoms with E-state index in [1.165, 1.54) is 23.1 Å². The van der Waals surface area contributed by atoms with Crippen molar-refractivity contribution in [2.45, 2.75) is 25.2 Å². The van der Waals surface area contributed by atoms with Crippen LogP contribution in [0.5, 0.6) is 0 Å². The Balaban J connectivity index is 1.36. The highest BCUT2D eigenvalue weighted by molar-refractivity contribution is 6.04. The summed E-state index contributed by atoms with van der Waals surface area (Å²) < 4.78 is 19.7. The molecule has 1 saturated heterocycles. The quantitative estimate of drug-likeness (QED) is 0.321. The number of halogens is 1. The van der Waals surface area contributed by atoms with Gasteiger partial charge in [-0.15, -0.1) is 0 Å². The number of ether oxygens (including phenoxy) is 1. The van der Waals surface area contributed by atoms with Gasteiger partial charge in [0.2, 0.25) is 5.91 Å². The van der Waals surface area contributed by atoms with E-state index in [1.807, 2.05) is 60.7 Å². The lowest BCUT2D eigenvalue weighted by atomic mass is 10.00. The van der Waals surface area contributed by atoms with Gasteiger partial charge in [-0.2, -0.15) is 0 Å². The van der Waals surface area contributed by atoms with Crippen LogP contribution in [-0.4, -0.2) is 28.8 Å². The van der Waals surface area contributed by atoms with Crippen molar-refractivity contribution in [1.29, 1.82) is 0 Å². The fourth-order valence-corrected chi connectivity index (χ4v) is 4.48. The number of nitrogens with zero attached hydrogens (tertiary/aromatic N) is 1. The Bertz CT molecular complexity index is 1460. The Labute approximate surface area is 225 Å². The highest BCUT2D eigenvalue weighted by Gasteiger charge is 2.46. The van der Waals surface area contributed by atoms with E-state index in [0.29, 0.717) is 17.8 Å². The van der Waals surface area contributed by atoms with Crippen molar-refractivity contribution >= 4 is 23.6 Å². The van der Waals surface area contributed by atoms with Gasteiger partial charge in [0.15, 0.2) is 12.1 Å². The number of cyclic esters (lactones) is 1.